The van der Waals surface area contributed by atoms with E-state index in [0.717, 1.165) is 37.2 Å². The molecular formula is C12H18N2O2S. The number of carbonyl (C=O) groups is 1. The molecule has 1 amide bonds. The molecule has 4 nitrogen and oxygen atoms in total. The summed E-state index contributed by atoms with van der Waals surface area (Å²) in [5, 5.41) is 16.7. The monoisotopic (exact) mass is 254 g/mol. The van der Waals surface area contributed by atoms with Gasteiger partial charge in [0.25, 0.3) is 5.91 Å². The van der Waals surface area contributed by atoms with Crippen LogP contribution in [0.25, 0.3) is 0 Å². The number of hydrogen-bond donors (Lipinski definition) is 1. The lowest BCUT2D eigenvalue weighted by Gasteiger charge is -2.38. The third-order valence-corrected chi connectivity index (χ3v) is 4.02. The van der Waals surface area contributed by atoms with Crippen LogP contribution in [0, 0.1) is 5.21 Å². The van der Waals surface area contributed by atoms with Gasteiger partial charge in [-0.1, -0.05) is 6.07 Å². The first-order chi connectivity index (χ1) is 8.20. The average molecular weight is 254 g/mol. The fourth-order valence-electron chi connectivity index (χ4n) is 2.20. The smallest absolute Gasteiger partial charge is 0.261 e. The van der Waals surface area contributed by atoms with E-state index in [0.29, 0.717) is 13.1 Å². The standard InChI is InChI=1S/C12H18N2O2S/c15-12(11-5-3-10-17-11)13-6-4-9-14(16)7-1-2-8-14/h3,5,10H,1-2,4,6-9H2,(H,13,15). The number of hydrogen-bond acceptors (Lipinski definition) is 3. The molecule has 2 rings (SSSR count). The highest BCUT2D eigenvalue weighted by Gasteiger charge is 2.21. The zero-order chi connectivity index (χ0) is 12.1. The summed E-state index contributed by atoms with van der Waals surface area (Å²) in [5.41, 5.74) is 0. The number of nitrogens with zero attached hydrogens (tertiary/aromatic N) is 1. The SMILES string of the molecule is O=C(NCCC[N+]1([O-])CCCC1)c1cccs1. The van der Waals surface area contributed by atoms with Crippen molar-refractivity contribution in [1.29, 1.82) is 0 Å². The van der Waals surface area contributed by atoms with Crippen molar-refractivity contribution < 1.29 is 9.44 Å². The Morgan fingerprint density at radius 3 is 2.88 bits per heavy atom. The van der Waals surface area contributed by atoms with E-state index in [9.17, 15) is 10.0 Å². The van der Waals surface area contributed by atoms with Crippen LogP contribution in [0.3, 0.4) is 0 Å². The second kappa shape index (κ2) is 5.62. The second-order valence-corrected chi connectivity index (χ2v) is 5.47. The van der Waals surface area contributed by atoms with E-state index >= 15 is 0 Å². The Bertz CT molecular complexity index is 359. The van der Waals surface area contributed by atoms with Gasteiger partial charge in [0.15, 0.2) is 0 Å². The van der Waals surface area contributed by atoms with Gasteiger partial charge in [0, 0.05) is 25.8 Å². The summed E-state index contributed by atoms with van der Waals surface area (Å²) in [4.78, 5) is 12.3. The molecular weight excluding hydrogens is 236 g/mol. The average Bonchev–Trinajstić information content (AvgIpc) is 2.95. The highest BCUT2D eigenvalue weighted by Crippen LogP contribution is 2.17. The molecule has 1 saturated heterocycles. The molecule has 1 N–H and O–H groups in total. The predicted molar refractivity (Wildman–Crippen MR) is 68.7 cm³/mol. The molecule has 0 saturated carbocycles. The van der Waals surface area contributed by atoms with E-state index in [1.54, 1.807) is 0 Å². The van der Waals surface area contributed by atoms with E-state index in [2.05, 4.69) is 5.32 Å². The normalized spacial score (nSPS) is 18.2. The van der Waals surface area contributed by atoms with Crippen molar-refractivity contribution in [2.75, 3.05) is 26.2 Å². The van der Waals surface area contributed by atoms with Crippen LogP contribution in [0.2, 0.25) is 0 Å². The fraction of sp³-hybridized carbons (Fsp3) is 0.583. The van der Waals surface area contributed by atoms with Crippen LogP contribution in [0.15, 0.2) is 17.5 Å². The summed E-state index contributed by atoms with van der Waals surface area (Å²) in [7, 11) is 0. The summed E-state index contributed by atoms with van der Waals surface area (Å²) < 4.78 is -0.0606. The molecule has 0 radical (unpaired) electrons. The van der Waals surface area contributed by atoms with Gasteiger partial charge in [-0.15, -0.1) is 11.3 Å². The number of hydroxylamine groups is 3. The Hall–Kier alpha value is -0.910. The predicted octanol–water partition coefficient (Wildman–Crippen LogP) is 1.98. The van der Waals surface area contributed by atoms with E-state index in [4.69, 9.17) is 0 Å². The van der Waals surface area contributed by atoms with Gasteiger partial charge in [-0.3, -0.25) is 4.79 Å². The van der Waals surface area contributed by atoms with E-state index in [1.807, 2.05) is 17.5 Å². The first-order valence-electron chi connectivity index (χ1n) is 6.08. The van der Waals surface area contributed by atoms with Gasteiger partial charge in [-0.25, -0.2) is 0 Å². The number of amides is 1. The van der Waals surface area contributed by atoms with Gasteiger partial charge >= 0.3 is 0 Å². The molecule has 1 aromatic rings. The highest BCUT2D eigenvalue weighted by atomic mass is 32.1. The third-order valence-electron chi connectivity index (χ3n) is 3.15. The summed E-state index contributed by atoms with van der Waals surface area (Å²) in [6.07, 6.45) is 2.86. The molecule has 0 aliphatic carbocycles. The van der Waals surface area contributed by atoms with E-state index < -0.39 is 0 Å². The molecule has 0 aromatic carbocycles. The number of quaternary nitrogens is 1. The maximum Gasteiger partial charge on any atom is 0.261 e. The van der Waals surface area contributed by atoms with Gasteiger partial charge in [-0.05, 0) is 11.4 Å². The second-order valence-electron chi connectivity index (χ2n) is 4.52. The van der Waals surface area contributed by atoms with Gasteiger partial charge in [0.2, 0.25) is 0 Å². The minimum atomic E-state index is -0.0606. The van der Waals surface area contributed by atoms with Crippen LogP contribution in [0.1, 0.15) is 28.9 Å². The van der Waals surface area contributed by atoms with Gasteiger partial charge in [0.05, 0.1) is 24.5 Å². The van der Waals surface area contributed by atoms with Crippen LogP contribution in [-0.4, -0.2) is 36.7 Å². The lowest BCUT2D eigenvalue weighted by atomic mass is 10.3. The van der Waals surface area contributed by atoms with Crippen LogP contribution in [0.4, 0.5) is 0 Å². The Morgan fingerprint density at radius 2 is 2.24 bits per heavy atom. The van der Waals surface area contributed by atoms with Crippen LogP contribution in [0.5, 0.6) is 0 Å². The number of likely N-dealkylation sites (tertiary alicyclic amines) is 1. The first kappa shape index (κ1) is 12.5. The fourth-order valence-corrected chi connectivity index (χ4v) is 2.84. The molecule has 0 bridgehead atoms. The van der Waals surface area contributed by atoms with Crippen LogP contribution in [-0.2, 0) is 0 Å². The maximum atomic E-state index is 12.0. The lowest BCUT2D eigenvalue weighted by Crippen LogP contribution is -2.41. The van der Waals surface area contributed by atoms with Crippen molar-refractivity contribution in [3.05, 3.63) is 27.6 Å². The van der Waals surface area contributed by atoms with Gasteiger partial charge in [0.1, 0.15) is 0 Å². The van der Waals surface area contributed by atoms with Crippen molar-refractivity contribution in [1.82, 2.24) is 5.32 Å². The minimum absolute atomic E-state index is 0.0288. The molecule has 0 atom stereocenters. The zero-order valence-electron chi connectivity index (χ0n) is 9.85. The highest BCUT2D eigenvalue weighted by molar-refractivity contribution is 7.12. The number of rotatable bonds is 5. The topological polar surface area (TPSA) is 52.2 Å². The molecule has 0 unspecified atom stereocenters. The van der Waals surface area contributed by atoms with Crippen molar-refractivity contribution in [2.24, 2.45) is 0 Å². The number of thiophene rings is 1. The van der Waals surface area contributed by atoms with Gasteiger partial charge in [-0.2, -0.15) is 0 Å². The van der Waals surface area contributed by atoms with E-state index in [-0.39, 0.29) is 10.6 Å². The summed E-state index contributed by atoms with van der Waals surface area (Å²) in [5.74, 6) is -0.0288. The molecule has 17 heavy (non-hydrogen) atoms. The van der Waals surface area contributed by atoms with Crippen molar-refractivity contribution in [2.45, 2.75) is 19.3 Å². The zero-order valence-corrected chi connectivity index (χ0v) is 10.7. The molecule has 2 heterocycles. The molecule has 1 fully saturated rings. The maximum absolute atomic E-state index is 12.0. The summed E-state index contributed by atoms with van der Waals surface area (Å²) in [6.45, 7) is 2.72. The molecule has 5 heteroatoms. The minimum Gasteiger partial charge on any atom is -0.633 e. The Balaban J connectivity index is 1.65. The van der Waals surface area contributed by atoms with Gasteiger partial charge < -0.3 is 15.2 Å². The van der Waals surface area contributed by atoms with E-state index in [1.165, 1.54) is 11.3 Å². The Kier molecular flexibility index (Phi) is 4.15. The molecule has 1 aromatic heterocycles. The van der Waals surface area contributed by atoms with Crippen molar-refractivity contribution in [3.8, 4) is 0 Å². The largest absolute Gasteiger partial charge is 0.633 e. The molecule has 94 valence electrons. The first-order valence-corrected chi connectivity index (χ1v) is 6.96. The summed E-state index contributed by atoms with van der Waals surface area (Å²) >= 11 is 1.44. The quantitative estimate of drug-likeness (QED) is 0.496. The molecule has 1 aliphatic rings. The Morgan fingerprint density at radius 1 is 1.47 bits per heavy atom. The number of nitrogens with one attached hydrogen (secondary N) is 1. The van der Waals surface area contributed by atoms with Crippen LogP contribution >= 0.6 is 11.3 Å². The van der Waals surface area contributed by atoms with Crippen molar-refractivity contribution >= 4 is 17.2 Å². The molecule has 0 spiro atoms. The Labute approximate surface area is 105 Å². The number of carbonyl (C=O) groups excluding carboxylic acids is 1. The van der Waals surface area contributed by atoms with Crippen molar-refractivity contribution in [3.63, 3.8) is 0 Å². The molecule has 1 aliphatic heterocycles. The lowest BCUT2D eigenvalue weighted by molar-refractivity contribution is -0.868. The third kappa shape index (κ3) is 3.52. The summed E-state index contributed by atoms with van der Waals surface area (Å²) in [6, 6.07) is 3.67. The van der Waals surface area contributed by atoms with Crippen LogP contribution < -0.4 is 5.32 Å².